The van der Waals surface area contributed by atoms with Gasteiger partial charge in [0.15, 0.2) is 11.6 Å². The number of hydrogen-bond donors (Lipinski definition) is 0. The highest BCUT2D eigenvalue weighted by Crippen LogP contribution is 2.26. The van der Waals surface area contributed by atoms with Gasteiger partial charge in [-0.15, -0.1) is 0 Å². The van der Waals surface area contributed by atoms with Gasteiger partial charge < -0.3 is 0 Å². The zero-order valence-corrected chi connectivity index (χ0v) is 24.6. The van der Waals surface area contributed by atoms with Crippen LogP contribution in [0.3, 0.4) is 0 Å². The van der Waals surface area contributed by atoms with Crippen LogP contribution < -0.4 is 0 Å². The predicted molar refractivity (Wildman–Crippen MR) is 159 cm³/mol. The van der Waals surface area contributed by atoms with Crippen LogP contribution >= 0.6 is 46.7 Å². The van der Waals surface area contributed by atoms with Gasteiger partial charge in [-0.1, -0.05) is 67.0 Å². The summed E-state index contributed by atoms with van der Waals surface area (Å²) >= 11 is 14.4. The number of halogens is 2. The quantitative estimate of drug-likeness (QED) is 0.172. The molecule has 0 unspecified atom stereocenters. The van der Waals surface area contributed by atoms with Crippen molar-refractivity contribution in [2.24, 2.45) is 0 Å². The average Bonchev–Trinajstić information content (AvgIpc) is 3.49. The number of aromatic nitrogens is 4. The Labute approximate surface area is 243 Å². The second-order valence-corrected chi connectivity index (χ2v) is 11.6. The number of fused-ring (bicyclic) bond motifs is 2. The molecule has 0 bridgehead atoms. The van der Waals surface area contributed by atoms with Crippen molar-refractivity contribution in [2.45, 2.75) is 46.0 Å². The third kappa shape index (κ3) is 6.57. The maximum atomic E-state index is 12.9. The monoisotopic (exact) mass is 604 g/mol. The minimum Gasteiger partial charge on any atom is -0.278 e. The Morgan fingerprint density at radius 1 is 0.692 bits per heavy atom. The third-order valence-corrected chi connectivity index (χ3v) is 8.30. The molecule has 2 aromatic heterocycles. The number of rotatable bonds is 10. The Bertz CT molecular complexity index is 1560. The summed E-state index contributed by atoms with van der Waals surface area (Å²) < 4.78 is 2.72. The highest BCUT2D eigenvalue weighted by molar-refractivity contribution is 8.14. The molecule has 4 aromatic rings. The maximum Gasteiger partial charge on any atom is 0.255 e. The highest BCUT2D eigenvalue weighted by atomic mass is 35.5. The van der Waals surface area contributed by atoms with E-state index in [1.807, 2.05) is 0 Å². The first-order valence-corrected chi connectivity index (χ1v) is 15.2. The largest absolute Gasteiger partial charge is 0.278 e. The molecular formula is C27H26Cl2N4O4S2. The van der Waals surface area contributed by atoms with Crippen molar-refractivity contribution in [3.05, 3.63) is 58.1 Å². The molecule has 0 aliphatic heterocycles. The van der Waals surface area contributed by atoms with Gasteiger partial charge in [-0.25, -0.2) is 9.97 Å². The molecule has 0 N–H and O–H groups in total. The standard InChI is InChI=1S/C27H26Cl2N4O4S2/c1-3-22(34)32-20-11-9-16(28)14-19(20)31-25(32)27(37)39-13-7-5-6-12-38-26(36)24-30-18-10-8-17(29)15-21(18)33(24)23(35)4-2/h8-11,14-15H,3-7,12-13H2,1-2H3. The first-order chi connectivity index (χ1) is 18.7. The van der Waals surface area contributed by atoms with Crippen molar-refractivity contribution in [1.82, 2.24) is 19.1 Å². The van der Waals surface area contributed by atoms with E-state index < -0.39 is 0 Å². The molecule has 0 aliphatic carbocycles. The van der Waals surface area contributed by atoms with E-state index in [4.69, 9.17) is 23.2 Å². The number of unbranched alkanes of at least 4 members (excludes halogenated alkanes) is 2. The van der Waals surface area contributed by atoms with Crippen molar-refractivity contribution in [3.63, 3.8) is 0 Å². The molecule has 0 spiro atoms. The van der Waals surface area contributed by atoms with Gasteiger partial charge in [-0.05, 0) is 49.2 Å². The summed E-state index contributed by atoms with van der Waals surface area (Å²) in [7, 11) is 0. The van der Waals surface area contributed by atoms with Gasteiger partial charge in [-0.2, -0.15) is 0 Å². The van der Waals surface area contributed by atoms with Gasteiger partial charge >= 0.3 is 0 Å². The molecular weight excluding hydrogens is 579 g/mol. The van der Waals surface area contributed by atoms with Gasteiger partial charge in [0.05, 0.1) is 22.1 Å². The fraction of sp³-hybridized carbons (Fsp3) is 0.333. The van der Waals surface area contributed by atoms with Gasteiger partial charge in [0, 0.05) is 34.4 Å². The second-order valence-electron chi connectivity index (χ2n) is 8.63. The van der Waals surface area contributed by atoms with Crippen LogP contribution in [0.15, 0.2) is 36.4 Å². The molecule has 0 atom stereocenters. The smallest absolute Gasteiger partial charge is 0.255 e. The van der Waals surface area contributed by atoms with E-state index in [0.717, 1.165) is 42.8 Å². The van der Waals surface area contributed by atoms with Crippen molar-refractivity contribution < 1.29 is 19.2 Å². The summed E-state index contributed by atoms with van der Waals surface area (Å²) in [5.74, 6) is 0.907. The average molecular weight is 606 g/mol. The van der Waals surface area contributed by atoms with Crippen LogP contribution in [0, 0.1) is 0 Å². The van der Waals surface area contributed by atoms with Crippen molar-refractivity contribution in [2.75, 3.05) is 11.5 Å². The number of imidazole rings is 2. The van der Waals surface area contributed by atoms with E-state index in [9.17, 15) is 19.2 Å². The topological polar surface area (TPSA) is 104 Å². The SMILES string of the molecule is CCC(=O)n1c(C(=O)SCCCCCSC(=O)c2nc3ccc(Cl)cc3n2C(=O)CC)nc2cc(Cl)ccc21. The molecule has 0 saturated heterocycles. The van der Waals surface area contributed by atoms with E-state index in [0.29, 0.717) is 43.6 Å². The highest BCUT2D eigenvalue weighted by Gasteiger charge is 2.23. The Balaban J connectivity index is 1.29. The lowest BCUT2D eigenvalue weighted by Crippen LogP contribution is -2.16. The van der Waals surface area contributed by atoms with Crippen LogP contribution in [-0.2, 0) is 0 Å². The predicted octanol–water partition coefficient (Wildman–Crippen LogP) is 7.41. The number of thioether (sulfide) groups is 2. The van der Waals surface area contributed by atoms with Gasteiger partial charge in [-0.3, -0.25) is 28.3 Å². The summed E-state index contributed by atoms with van der Waals surface area (Å²) in [6.07, 6.45) is 2.79. The van der Waals surface area contributed by atoms with E-state index in [2.05, 4.69) is 9.97 Å². The maximum absolute atomic E-state index is 12.9. The molecule has 2 aromatic carbocycles. The molecule has 8 nitrogen and oxygen atoms in total. The number of carbonyl (C=O) groups is 4. The summed E-state index contributed by atoms with van der Waals surface area (Å²) in [5, 5.41) is 0.411. The molecule has 0 radical (unpaired) electrons. The first kappa shape index (κ1) is 29.3. The molecule has 12 heteroatoms. The minimum absolute atomic E-state index is 0.107. The fourth-order valence-electron chi connectivity index (χ4n) is 4.04. The lowest BCUT2D eigenvalue weighted by Gasteiger charge is -2.06. The van der Waals surface area contributed by atoms with E-state index >= 15 is 0 Å². The molecule has 4 rings (SSSR count). The number of benzene rings is 2. The number of carbonyl (C=O) groups excluding carboxylic acids is 4. The molecule has 39 heavy (non-hydrogen) atoms. The number of hydrogen-bond acceptors (Lipinski definition) is 8. The summed E-state index contributed by atoms with van der Waals surface area (Å²) in [6, 6.07) is 10.0. The van der Waals surface area contributed by atoms with Crippen LogP contribution in [0.4, 0.5) is 0 Å². The second kappa shape index (κ2) is 13.1. The summed E-state index contributed by atoms with van der Waals surface area (Å²) in [4.78, 5) is 59.6. The van der Waals surface area contributed by atoms with Crippen LogP contribution in [0.25, 0.3) is 22.1 Å². The van der Waals surface area contributed by atoms with Gasteiger partial charge in [0.2, 0.25) is 11.8 Å². The summed E-state index contributed by atoms with van der Waals surface area (Å²) in [5.41, 5.74) is 2.14. The Kier molecular flexibility index (Phi) is 9.87. The molecule has 204 valence electrons. The van der Waals surface area contributed by atoms with Crippen LogP contribution in [0.5, 0.6) is 0 Å². The molecule has 0 saturated carbocycles. The van der Waals surface area contributed by atoms with Crippen LogP contribution in [-0.4, -0.2) is 52.7 Å². The Hall–Kier alpha value is -2.66. The molecule has 0 amide bonds. The Morgan fingerprint density at radius 3 is 1.79 bits per heavy atom. The fourth-order valence-corrected chi connectivity index (χ4v) is 5.97. The van der Waals surface area contributed by atoms with E-state index in [1.165, 1.54) is 9.13 Å². The van der Waals surface area contributed by atoms with Gasteiger partial charge in [0.25, 0.3) is 10.2 Å². The van der Waals surface area contributed by atoms with E-state index in [-0.39, 0.29) is 46.5 Å². The molecule has 2 heterocycles. The Morgan fingerprint density at radius 2 is 1.21 bits per heavy atom. The zero-order chi connectivity index (χ0) is 28.1. The first-order valence-electron chi connectivity index (χ1n) is 12.5. The molecule has 0 aliphatic rings. The van der Waals surface area contributed by atoms with Crippen LogP contribution in [0.2, 0.25) is 10.0 Å². The van der Waals surface area contributed by atoms with E-state index in [1.54, 1.807) is 50.2 Å². The summed E-state index contributed by atoms with van der Waals surface area (Å²) in [6.45, 7) is 3.47. The normalized spacial score (nSPS) is 11.4. The van der Waals surface area contributed by atoms with Crippen LogP contribution in [0.1, 0.15) is 76.8 Å². The van der Waals surface area contributed by atoms with Crippen molar-refractivity contribution in [3.8, 4) is 0 Å². The third-order valence-electron chi connectivity index (χ3n) is 5.96. The van der Waals surface area contributed by atoms with Crippen molar-refractivity contribution in [1.29, 1.82) is 0 Å². The zero-order valence-electron chi connectivity index (χ0n) is 21.4. The van der Waals surface area contributed by atoms with Crippen molar-refractivity contribution >= 4 is 90.8 Å². The minimum atomic E-state index is -0.270. The van der Waals surface area contributed by atoms with Gasteiger partial charge in [0.1, 0.15) is 0 Å². The molecule has 0 fully saturated rings. The lowest BCUT2D eigenvalue weighted by molar-refractivity contribution is 0.0894. The lowest BCUT2D eigenvalue weighted by atomic mass is 10.3. The number of nitrogens with zero attached hydrogens (tertiary/aromatic N) is 4.